The summed E-state index contributed by atoms with van der Waals surface area (Å²) in [6.45, 7) is 4.85. The maximum Gasteiger partial charge on any atom is 0.346 e. The van der Waals surface area contributed by atoms with Gasteiger partial charge in [0, 0.05) is 25.1 Å². The predicted octanol–water partition coefficient (Wildman–Crippen LogP) is 2.43. The number of rotatable bonds is 6. The van der Waals surface area contributed by atoms with Gasteiger partial charge in [0.15, 0.2) is 0 Å². The summed E-state index contributed by atoms with van der Waals surface area (Å²) in [5, 5.41) is 20.6. The SMILES string of the molecule is CCC[C@]1(CO)CCN(Cc2ccsc2C(=O)O)C1. The van der Waals surface area contributed by atoms with E-state index in [1.807, 2.05) is 11.4 Å². The molecule has 0 spiro atoms. The van der Waals surface area contributed by atoms with E-state index in [-0.39, 0.29) is 12.0 Å². The summed E-state index contributed by atoms with van der Waals surface area (Å²) in [5.74, 6) is -0.842. The minimum Gasteiger partial charge on any atom is -0.477 e. The first-order valence-electron chi connectivity index (χ1n) is 6.73. The fourth-order valence-electron chi connectivity index (χ4n) is 2.99. The van der Waals surface area contributed by atoms with Crippen LogP contribution in [0.5, 0.6) is 0 Å². The highest BCUT2D eigenvalue weighted by Crippen LogP contribution is 2.35. The number of carboxylic acid groups (broad SMARTS) is 1. The van der Waals surface area contributed by atoms with E-state index < -0.39 is 5.97 Å². The summed E-state index contributed by atoms with van der Waals surface area (Å²) in [6, 6.07) is 1.90. The Morgan fingerprint density at radius 3 is 3.00 bits per heavy atom. The van der Waals surface area contributed by atoms with Gasteiger partial charge in [0.25, 0.3) is 0 Å². The fourth-order valence-corrected chi connectivity index (χ4v) is 3.75. The Morgan fingerprint density at radius 2 is 2.37 bits per heavy atom. The normalized spacial score (nSPS) is 23.9. The molecule has 2 rings (SSSR count). The van der Waals surface area contributed by atoms with E-state index in [0.717, 1.165) is 37.9 Å². The quantitative estimate of drug-likeness (QED) is 0.842. The molecule has 0 unspecified atom stereocenters. The highest BCUT2D eigenvalue weighted by molar-refractivity contribution is 7.12. The molecule has 5 heteroatoms. The van der Waals surface area contributed by atoms with Gasteiger partial charge in [0.05, 0.1) is 0 Å². The zero-order valence-corrected chi connectivity index (χ0v) is 12.1. The molecule has 1 aromatic rings. The van der Waals surface area contributed by atoms with Crippen LogP contribution in [0.4, 0.5) is 0 Å². The third-order valence-corrected chi connectivity index (χ3v) is 4.91. The molecule has 0 aromatic carbocycles. The minimum atomic E-state index is -0.842. The van der Waals surface area contributed by atoms with E-state index in [4.69, 9.17) is 5.11 Å². The maximum absolute atomic E-state index is 11.1. The van der Waals surface area contributed by atoms with Crippen LogP contribution in [0.15, 0.2) is 11.4 Å². The Bertz CT molecular complexity index is 446. The summed E-state index contributed by atoms with van der Waals surface area (Å²) in [6.07, 6.45) is 3.12. The first-order chi connectivity index (χ1) is 9.10. The number of nitrogens with zero attached hydrogens (tertiary/aromatic N) is 1. The van der Waals surface area contributed by atoms with Crippen LogP contribution < -0.4 is 0 Å². The molecule has 1 aliphatic rings. The molecule has 0 saturated carbocycles. The van der Waals surface area contributed by atoms with Gasteiger partial charge in [0.2, 0.25) is 0 Å². The third-order valence-electron chi connectivity index (χ3n) is 3.97. The highest BCUT2D eigenvalue weighted by Gasteiger charge is 2.36. The molecular weight excluding hydrogens is 262 g/mol. The van der Waals surface area contributed by atoms with Crippen LogP contribution in [-0.4, -0.2) is 40.8 Å². The zero-order chi connectivity index (χ0) is 13.9. The van der Waals surface area contributed by atoms with Gasteiger partial charge in [-0.25, -0.2) is 4.79 Å². The summed E-state index contributed by atoms with van der Waals surface area (Å²) < 4.78 is 0. The molecule has 19 heavy (non-hydrogen) atoms. The van der Waals surface area contributed by atoms with Crippen molar-refractivity contribution in [3.63, 3.8) is 0 Å². The van der Waals surface area contributed by atoms with Crippen LogP contribution in [0, 0.1) is 5.41 Å². The van der Waals surface area contributed by atoms with Crippen molar-refractivity contribution in [2.45, 2.75) is 32.7 Å². The number of likely N-dealkylation sites (tertiary alicyclic amines) is 1. The predicted molar refractivity (Wildman–Crippen MR) is 75.6 cm³/mol. The lowest BCUT2D eigenvalue weighted by molar-refractivity contribution is 0.0699. The number of carboxylic acids is 1. The Balaban J connectivity index is 2.02. The standard InChI is InChI=1S/C14H21NO3S/c1-2-4-14(10-16)5-6-15(9-14)8-11-3-7-19-12(11)13(17)18/h3,7,16H,2,4-6,8-10H2,1H3,(H,17,18)/t14-/m0/s1. The number of carbonyl (C=O) groups is 1. The van der Waals surface area contributed by atoms with Gasteiger partial charge >= 0.3 is 5.97 Å². The molecule has 0 amide bonds. The second-order valence-corrected chi connectivity index (χ2v) is 6.37. The Labute approximate surface area is 117 Å². The van der Waals surface area contributed by atoms with E-state index in [2.05, 4.69) is 11.8 Å². The molecule has 0 bridgehead atoms. The lowest BCUT2D eigenvalue weighted by Gasteiger charge is -2.26. The number of hydrogen-bond donors (Lipinski definition) is 2. The fraction of sp³-hybridized carbons (Fsp3) is 0.643. The van der Waals surface area contributed by atoms with Crippen LogP contribution in [0.1, 0.15) is 41.4 Å². The number of hydrogen-bond acceptors (Lipinski definition) is 4. The van der Waals surface area contributed by atoms with Crippen molar-refractivity contribution in [2.75, 3.05) is 19.7 Å². The number of aliphatic hydroxyl groups excluding tert-OH is 1. The second kappa shape index (κ2) is 6.03. The lowest BCUT2D eigenvalue weighted by Crippen LogP contribution is -2.30. The van der Waals surface area contributed by atoms with E-state index in [0.29, 0.717) is 11.4 Å². The van der Waals surface area contributed by atoms with Gasteiger partial charge < -0.3 is 10.2 Å². The lowest BCUT2D eigenvalue weighted by atomic mass is 9.83. The largest absolute Gasteiger partial charge is 0.477 e. The van der Waals surface area contributed by atoms with E-state index in [9.17, 15) is 9.90 Å². The van der Waals surface area contributed by atoms with Crippen molar-refractivity contribution >= 4 is 17.3 Å². The van der Waals surface area contributed by atoms with Gasteiger partial charge in [-0.2, -0.15) is 0 Å². The molecule has 4 nitrogen and oxygen atoms in total. The molecule has 2 N–H and O–H groups in total. The van der Waals surface area contributed by atoms with Crippen molar-refractivity contribution in [3.8, 4) is 0 Å². The summed E-state index contributed by atoms with van der Waals surface area (Å²) >= 11 is 1.28. The van der Waals surface area contributed by atoms with E-state index >= 15 is 0 Å². The molecule has 2 heterocycles. The van der Waals surface area contributed by atoms with Gasteiger partial charge in [-0.15, -0.1) is 11.3 Å². The van der Waals surface area contributed by atoms with Crippen LogP contribution in [0.3, 0.4) is 0 Å². The monoisotopic (exact) mass is 283 g/mol. The molecule has 1 aromatic heterocycles. The highest BCUT2D eigenvalue weighted by atomic mass is 32.1. The summed E-state index contributed by atoms with van der Waals surface area (Å²) in [7, 11) is 0. The summed E-state index contributed by atoms with van der Waals surface area (Å²) in [5.41, 5.74) is 0.913. The van der Waals surface area contributed by atoms with Gasteiger partial charge in [-0.3, -0.25) is 4.90 Å². The van der Waals surface area contributed by atoms with Crippen LogP contribution in [-0.2, 0) is 6.54 Å². The summed E-state index contributed by atoms with van der Waals surface area (Å²) in [4.78, 5) is 13.8. The Morgan fingerprint density at radius 1 is 1.58 bits per heavy atom. The van der Waals surface area contributed by atoms with Gasteiger partial charge in [0.1, 0.15) is 4.88 Å². The smallest absolute Gasteiger partial charge is 0.346 e. The molecule has 0 radical (unpaired) electrons. The van der Waals surface area contributed by atoms with Crippen LogP contribution in [0.25, 0.3) is 0 Å². The Kier molecular flexibility index (Phi) is 4.60. The number of aromatic carboxylic acids is 1. The number of aliphatic hydroxyl groups is 1. The van der Waals surface area contributed by atoms with Crippen molar-refractivity contribution in [2.24, 2.45) is 5.41 Å². The average molecular weight is 283 g/mol. The second-order valence-electron chi connectivity index (χ2n) is 5.45. The molecule has 1 atom stereocenters. The maximum atomic E-state index is 11.1. The van der Waals surface area contributed by atoms with Crippen LogP contribution >= 0.6 is 11.3 Å². The zero-order valence-electron chi connectivity index (χ0n) is 11.3. The first-order valence-corrected chi connectivity index (χ1v) is 7.61. The topological polar surface area (TPSA) is 60.8 Å². The third kappa shape index (κ3) is 3.16. The molecule has 1 aliphatic heterocycles. The van der Waals surface area contributed by atoms with Crippen LogP contribution in [0.2, 0.25) is 0 Å². The molecule has 1 saturated heterocycles. The van der Waals surface area contributed by atoms with E-state index in [1.165, 1.54) is 11.3 Å². The van der Waals surface area contributed by atoms with Crippen molar-refractivity contribution in [1.29, 1.82) is 0 Å². The molecule has 106 valence electrons. The number of thiophene rings is 1. The average Bonchev–Trinajstić information content (AvgIpc) is 2.98. The van der Waals surface area contributed by atoms with Gasteiger partial charge in [-0.05, 0) is 36.4 Å². The van der Waals surface area contributed by atoms with Crippen molar-refractivity contribution < 1.29 is 15.0 Å². The molecule has 0 aliphatic carbocycles. The molecule has 1 fully saturated rings. The Hall–Kier alpha value is -0.910. The minimum absolute atomic E-state index is 0.0220. The van der Waals surface area contributed by atoms with Crippen molar-refractivity contribution in [1.82, 2.24) is 4.90 Å². The first kappa shape index (κ1) is 14.5. The molecular formula is C14H21NO3S. The van der Waals surface area contributed by atoms with Crippen molar-refractivity contribution in [3.05, 3.63) is 21.9 Å². The van der Waals surface area contributed by atoms with E-state index in [1.54, 1.807) is 0 Å². The van der Waals surface area contributed by atoms with Gasteiger partial charge in [-0.1, -0.05) is 13.3 Å².